The van der Waals surface area contributed by atoms with E-state index in [1.54, 1.807) is 12.1 Å². The van der Waals surface area contributed by atoms with E-state index in [9.17, 15) is 14.7 Å². The molecule has 2 aliphatic heterocycles. The number of hydrogen-bond donors (Lipinski definition) is 2. The van der Waals surface area contributed by atoms with Crippen molar-refractivity contribution in [2.24, 2.45) is 11.3 Å². The molecule has 2 saturated heterocycles. The van der Waals surface area contributed by atoms with Gasteiger partial charge in [0, 0.05) is 48.3 Å². The van der Waals surface area contributed by atoms with E-state index in [1.807, 2.05) is 12.1 Å². The molecule has 0 radical (unpaired) electrons. The molecule has 3 heterocycles. The lowest BCUT2D eigenvalue weighted by Crippen LogP contribution is -2.44. The van der Waals surface area contributed by atoms with Crippen LogP contribution in [0.3, 0.4) is 0 Å². The van der Waals surface area contributed by atoms with Gasteiger partial charge < -0.3 is 14.8 Å². The molecular weight excluding hydrogens is 344 g/mol. The van der Waals surface area contributed by atoms with Crippen LogP contribution in [0.15, 0.2) is 29.1 Å². The second-order valence-electron chi connectivity index (χ2n) is 7.01. The summed E-state index contributed by atoms with van der Waals surface area (Å²) in [6.07, 6.45) is 0.524. The van der Waals surface area contributed by atoms with Crippen molar-refractivity contribution in [3.63, 3.8) is 0 Å². The molecular formula is C18H19ClN2O4. The largest absolute Gasteiger partial charge is 0.481 e. The van der Waals surface area contributed by atoms with Gasteiger partial charge >= 0.3 is 5.97 Å². The Kier molecular flexibility index (Phi) is 4.06. The number of rotatable bonds is 3. The van der Waals surface area contributed by atoms with Gasteiger partial charge in [-0.1, -0.05) is 17.7 Å². The van der Waals surface area contributed by atoms with Crippen LogP contribution in [0.25, 0.3) is 10.9 Å². The lowest BCUT2D eigenvalue weighted by Gasteiger charge is -2.34. The summed E-state index contributed by atoms with van der Waals surface area (Å²) in [6.45, 7) is 2.46. The van der Waals surface area contributed by atoms with Crippen LogP contribution >= 0.6 is 11.6 Å². The van der Waals surface area contributed by atoms with Gasteiger partial charge in [0.05, 0.1) is 12.0 Å². The van der Waals surface area contributed by atoms with Crippen LogP contribution in [0.1, 0.15) is 12.0 Å². The minimum atomic E-state index is -0.759. The molecule has 2 fully saturated rings. The fourth-order valence-electron chi connectivity index (χ4n) is 4.10. The van der Waals surface area contributed by atoms with Crippen LogP contribution in [0, 0.1) is 11.3 Å². The number of ether oxygens (including phenoxy) is 1. The van der Waals surface area contributed by atoms with Crippen molar-refractivity contribution >= 4 is 28.5 Å². The molecule has 0 unspecified atom stereocenters. The van der Waals surface area contributed by atoms with Crippen molar-refractivity contribution in [3.05, 3.63) is 45.2 Å². The van der Waals surface area contributed by atoms with Crippen LogP contribution in [-0.2, 0) is 16.1 Å². The average molecular weight is 363 g/mol. The van der Waals surface area contributed by atoms with Crippen molar-refractivity contribution in [2.75, 3.05) is 26.3 Å². The van der Waals surface area contributed by atoms with Crippen LogP contribution in [0.2, 0.25) is 5.02 Å². The Labute approximate surface area is 149 Å². The molecule has 0 bridgehead atoms. The minimum Gasteiger partial charge on any atom is -0.481 e. The van der Waals surface area contributed by atoms with Crippen molar-refractivity contribution in [1.29, 1.82) is 0 Å². The Morgan fingerprint density at radius 2 is 2.28 bits per heavy atom. The number of aromatic amines is 1. The Morgan fingerprint density at radius 1 is 1.44 bits per heavy atom. The molecule has 4 rings (SSSR count). The summed E-state index contributed by atoms with van der Waals surface area (Å²) >= 11 is 5.97. The number of nitrogens with zero attached hydrogens (tertiary/aromatic N) is 1. The molecule has 0 amide bonds. The number of pyridine rings is 1. The number of halogens is 1. The van der Waals surface area contributed by atoms with Crippen LogP contribution in [-0.4, -0.2) is 47.3 Å². The predicted molar refractivity (Wildman–Crippen MR) is 93.9 cm³/mol. The number of nitrogens with one attached hydrogen (secondary N) is 1. The highest BCUT2D eigenvalue weighted by Gasteiger charge is 2.53. The highest BCUT2D eigenvalue weighted by atomic mass is 35.5. The monoisotopic (exact) mass is 362 g/mol. The number of carbonyl (C=O) groups is 1. The standard InChI is InChI=1S/C18H19ClN2O4/c19-14-2-1-11-5-12(16(22)20-15(11)6-14)7-21-8-13-9-25-4-3-18(13,10-21)17(23)24/h1-2,5-6,13H,3-4,7-10H2,(H,20,22)(H,23,24)/t13-,18+/m1/s1. The average Bonchev–Trinajstić information content (AvgIpc) is 2.95. The van der Waals surface area contributed by atoms with Crippen molar-refractivity contribution < 1.29 is 14.6 Å². The fourth-order valence-corrected chi connectivity index (χ4v) is 4.27. The van der Waals surface area contributed by atoms with Gasteiger partial charge in [-0.05, 0) is 30.0 Å². The maximum atomic E-state index is 12.4. The smallest absolute Gasteiger partial charge is 0.311 e. The number of benzene rings is 1. The molecule has 132 valence electrons. The maximum absolute atomic E-state index is 12.4. The molecule has 2 atom stereocenters. The van der Waals surface area contributed by atoms with E-state index in [-0.39, 0.29) is 11.5 Å². The number of hydrogen-bond acceptors (Lipinski definition) is 4. The number of aliphatic carboxylic acids is 1. The van der Waals surface area contributed by atoms with Gasteiger partial charge in [0.2, 0.25) is 0 Å². The highest BCUT2D eigenvalue weighted by Crippen LogP contribution is 2.42. The van der Waals surface area contributed by atoms with Crippen LogP contribution < -0.4 is 5.56 Å². The SMILES string of the molecule is O=C(O)[C@]12CCOC[C@H]1CN(Cc1cc3ccc(Cl)cc3[nH]c1=O)C2. The lowest BCUT2D eigenvalue weighted by molar-refractivity contribution is -0.157. The van der Waals surface area contributed by atoms with E-state index in [1.165, 1.54) is 0 Å². The summed E-state index contributed by atoms with van der Waals surface area (Å²) in [7, 11) is 0. The third-order valence-electron chi connectivity index (χ3n) is 5.48. The molecule has 25 heavy (non-hydrogen) atoms. The zero-order chi connectivity index (χ0) is 17.6. The number of carboxylic acid groups (broad SMARTS) is 1. The molecule has 6 nitrogen and oxygen atoms in total. The van der Waals surface area contributed by atoms with Gasteiger partial charge in [-0.2, -0.15) is 0 Å². The number of likely N-dealkylation sites (tertiary alicyclic amines) is 1. The molecule has 0 saturated carbocycles. The summed E-state index contributed by atoms with van der Waals surface area (Å²) in [6, 6.07) is 7.24. The van der Waals surface area contributed by atoms with E-state index in [0.29, 0.717) is 55.4 Å². The van der Waals surface area contributed by atoms with E-state index in [2.05, 4.69) is 9.88 Å². The molecule has 2 N–H and O–H groups in total. The molecule has 1 aromatic carbocycles. The van der Waals surface area contributed by atoms with Gasteiger partial charge in [-0.25, -0.2) is 0 Å². The highest BCUT2D eigenvalue weighted by molar-refractivity contribution is 6.31. The molecule has 2 aliphatic rings. The Bertz CT molecular complexity index is 896. The van der Waals surface area contributed by atoms with Gasteiger partial charge in [0.1, 0.15) is 0 Å². The molecule has 0 aliphatic carbocycles. The summed E-state index contributed by atoms with van der Waals surface area (Å²) < 4.78 is 5.48. The molecule has 1 aromatic heterocycles. The number of carboxylic acids is 1. The summed E-state index contributed by atoms with van der Waals surface area (Å²) in [5.41, 5.74) is 0.419. The fraction of sp³-hybridized carbons (Fsp3) is 0.444. The van der Waals surface area contributed by atoms with Gasteiger partial charge in [-0.15, -0.1) is 0 Å². The zero-order valence-electron chi connectivity index (χ0n) is 13.6. The summed E-state index contributed by atoms with van der Waals surface area (Å²) in [4.78, 5) is 29.2. The van der Waals surface area contributed by atoms with Gasteiger partial charge in [0.15, 0.2) is 0 Å². The summed E-state index contributed by atoms with van der Waals surface area (Å²) in [5.74, 6) is -0.789. The van der Waals surface area contributed by atoms with Crippen LogP contribution in [0.4, 0.5) is 0 Å². The topological polar surface area (TPSA) is 82.6 Å². The summed E-state index contributed by atoms with van der Waals surface area (Å²) in [5, 5.41) is 11.2. The van der Waals surface area contributed by atoms with E-state index in [4.69, 9.17) is 16.3 Å². The Hall–Kier alpha value is -1.89. The first kappa shape index (κ1) is 16.6. The minimum absolute atomic E-state index is 0.0305. The number of H-pyrrole nitrogens is 1. The number of fused-ring (bicyclic) bond motifs is 2. The van der Waals surface area contributed by atoms with E-state index >= 15 is 0 Å². The van der Waals surface area contributed by atoms with Gasteiger partial charge in [0.25, 0.3) is 5.56 Å². The van der Waals surface area contributed by atoms with Crippen molar-refractivity contribution in [2.45, 2.75) is 13.0 Å². The third-order valence-corrected chi connectivity index (χ3v) is 5.72. The van der Waals surface area contributed by atoms with Gasteiger partial charge in [-0.3, -0.25) is 14.5 Å². The van der Waals surface area contributed by atoms with Crippen molar-refractivity contribution in [3.8, 4) is 0 Å². The predicted octanol–water partition coefficient (Wildman–Crippen LogP) is 2.10. The molecule has 0 spiro atoms. The first-order valence-electron chi connectivity index (χ1n) is 8.33. The van der Waals surface area contributed by atoms with Crippen molar-refractivity contribution in [1.82, 2.24) is 9.88 Å². The lowest BCUT2D eigenvalue weighted by atomic mass is 9.74. The normalized spacial score (nSPS) is 26.7. The first-order chi connectivity index (χ1) is 12.0. The van der Waals surface area contributed by atoms with E-state index < -0.39 is 11.4 Å². The molecule has 2 aromatic rings. The third kappa shape index (κ3) is 2.84. The second kappa shape index (κ2) is 6.12. The second-order valence-corrected chi connectivity index (χ2v) is 7.44. The Balaban J connectivity index is 1.61. The van der Waals surface area contributed by atoms with E-state index in [0.717, 1.165) is 5.39 Å². The molecule has 7 heteroatoms. The number of aromatic nitrogens is 1. The van der Waals surface area contributed by atoms with Crippen LogP contribution in [0.5, 0.6) is 0 Å². The maximum Gasteiger partial charge on any atom is 0.311 e. The quantitative estimate of drug-likeness (QED) is 0.873. The zero-order valence-corrected chi connectivity index (χ0v) is 14.4. The first-order valence-corrected chi connectivity index (χ1v) is 8.71. The Morgan fingerprint density at radius 3 is 3.04 bits per heavy atom.